The molecule has 102 valence electrons. The van der Waals surface area contributed by atoms with Gasteiger partial charge in [0.05, 0.1) is 6.54 Å². The quantitative estimate of drug-likeness (QED) is 0.919. The number of rotatable bonds is 3. The van der Waals surface area contributed by atoms with Crippen LogP contribution in [0.4, 0.5) is 0 Å². The number of nitrogens with zero attached hydrogens (tertiary/aromatic N) is 2. The highest BCUT2D eigenvalue weighted by Crippen LogP contribution is 2.23. The molecule has 1 aromatic heterocycles. The topological polar surface area (TPSA) is 51.0 Å². The summed E-state index contributed by atoms with van der Waals surface area (Å²) in [6, 6.07) is 6.23. The van der Waals surface area contributed by atoms with Crippen molar-refractivity contribution in [3.05, 3.63) is 35.2 Å². The minimum Gasteiger partial charge on any atom is -0.419 e. The summed E-state index contributed by atoms with van der Waals surface area (Å²) in [5, 5.41) is 11.6. The van der Waals surface area contributed by atoms with E-state index < -0.39 is 0 Å². The van der Waals surface area contributed by atoms with Gasteiger partial charge < -0.3 is 9.73 Å². The molecule has 0 spiro atoms. The third-order valence-corrected chi connectivity index (χ3v) is 2.86. The van der Waals surface area contributed by atoms with Gasteiger partial charge in [-0.1, -0.05) is 17.7 Å². The van der Waals surface area contributed by atoms with Gasteiger partial charge in [0.2, 0.25) is 11.8 Å². The maximum absolute atomic E-state index is 5.72. The van der Waals surface area contributed by atoms with Crippen molar-refractivity contribution >= 4 is 0 Å². The van der Waals surface area contributed by atoms with Crippen molar-refractivity contribution in [2.24, 2.45) is 0 Å². The number of aryl methyl sites for hydroxylation is 2. The Morgan fingerprint density at radius 1 is 1.16 bits per heavy atom. The fourth-order valence-corrected chi connectivity index (χ4v) is 1.74. The first kappa shape index (κ1) is 13.7. The number of hydrogen-bond donors (Lipinski definition) is 1. The molecule has 0 atom stereocenters. The van der Waals surface area contributed by atoms with E-state index in [1.807, 2.05) is 6.92 Å². The fraction of sp³-hybridized carbons (Fsp3) is 0.467. The summed E-state index contributed by atoms with van der Waals surface area (Å²) in [4.78, 5) is 0. The van der Waals surface area contributed by atoms with Gasteiger partial charge in [-0.05, 0) is 46.2 Å². The molecule has 0 radical (unpaired) electrons. The summed E-state index contributed by atoms with van der Waals surface area (Å²) in [5.41, 5.74) is 3.38. The summed E-state index contributed by atoms with van der Waals surface area (Å²) < 4.78 is 5.72. The normalized spacial score (nSPS) is 11.8. The van der Waals surface area contributed by atoms with Gasteiger partial charge in [-0.2, -0.15) is 0 Å². The van der Waals surface area contributed by atoms with Crippen LogP contribution in [0.1, 0.15) is 37.8 Å². The van der Waals surface area contributed by atoms with E-state index >= 15 is 0 Å². The minimum atomic E-state index is 0.0356. The van der Waals surface area contributed by atoms with Gasteiger partial charge >= 0.3 is 0 Å². The largest absolute Gasteiger partial charge is 0.419 e. The van der Waals surface area contributed by atoms with Crippen LogP contribution in [0.3, 0.4) is 0 Å². The first-order chi connectivity index (χ1) is 8.85. The van der Waals surface area contributed by atoms with Gasteiger partial charge in [0.15, 0.2) is 0 Å². The van der Waals surface area contributed by atoms with E-state index in [4.69, 9.17) is 4.42 Å². The Kier molecular flexibility index (Phi) is 3.71. The molecule has 0 fully saturated rings. The Hall–Kier alpha value is -1.68. The molecule has 0 bridgehead atoms. The second-order valence-electron chi connectivity index (χ2n) is 5.92. The SMILES string of the molecule is Cc1ccc(C)c(-c2nnc(CNC(C)(C)C)o2)c1. The van der Waals surface area contributed by atoms with Gasteiger partial charge in [-0.25, -0.2) is 0 Å². The number of hydrogen-bond acceptors (Lipinski definition) is 4. The summed E-state index contributed by atoms with van der Waals surface area (Å²) in [6.07, 6.45) is 0. The van der Waals surface area contributed by atoms with E-state index in [1.165, 1.54) is 5.56 Å². The van der Waals surface area contributed by atoms with Crippen LogP contribution in [0.2, 0.25) is 0 Å². The molecule has 2 rings (SSSR count). The van der Waals surface area contributed by atoms with Gasteiger partial charge in [-0.15, -0.1) is 10.2 Å². The Morgan fingerprint density at radius 2 is 1.89 bits per heavy atom. The lowest BCUT2D eigenvalue weighted by Gasteiger charge is -2.18. The van der Waals surface area contributed by atoms with Gasteiger partial charge in [0, 0.05) is 11.1 Å². The van der Waals surface area contributed by atoms with E-state index in [9.17, 15) is 0 Å². The lowest BCUT2D eigenvalue weighted by atomic mass is 10.1. The molecule has 0 saturated carbocycles. The van der Waals surface area contributed by atoms with Crippen molar-refractivity contribution in [2.75, 3.05) is 0 Å². The van der Waals surface area contributed by atoms with E-state index in [-0.39, 0.29) is 5.54 Å². The Balaban J connectivity index is 2.19. The van der Waals surface area contributed by atoms with E-state index in [0.717, 1.165) is 11.1 Å². The summed E-state index contributed by atoms with van der Waals surface area (Å²) in [5.74, 6) is 1.21. The molecule has 0 aliphatic carbocycles. The van der Waals surface area contributed by atoms with Crippen LogP contribution in [0.5, 0.6) is 0 Å². The van der Waals surface area contributed by atoms with Crippen molar-refractivity contribution in [3.8, 4) is 11.5 Å². The first-order valence-electron chi connectivity index (χ1n) is 6.50. The van der Waals surface area contributed by atoms with Crippen molar-refractivity contribution in [1.82, 2.24) is 15.5 Å². The molecular formula is C15H21N3O. The van der Waals surface area contributed by atoms with E-state index in [1.54, 1.807) is 0 Å². The second kappa shape index (κ2) is 5.13. The van der Waals surface area contributed by atoms with Crippen LogP contribution < -0.4 is 5.32 Å². The molecule has 1 aromatic carbocycles. The predicted octanol–water partition coefficient (Wildman–Crippen LogP) is 3.24. The molecule has 0 amide bonds. The molecule has 0 saturated heterocycles. The van der Waals surface area contributed by atoms with E-state index in [2.05, 4.69) is 61.4 Å². The number of aromatic nitrogens is 2. The average Bonchev–Trinajstić information content (AvgIpc) is 2.77. The van der Waals surface area contributed by atoms with Crippen LogP contribution >= 0.6 is 0 Å². The van der Waals surface area contributed by atoms with Crippen LogP contribution in [-0.4, -0.2) is 15.7 Å². The zero-order chi connectivity index (χ0) is 14.0. The third-order valence-electron chi connectivity index (χ3n) is 2.86. The van der Waals surface area contributed by atoms with Crippen molar-refractivity contribution in [2.45, 2.75) is 46.7 Å². The highest BCUT2D eigenvalue weighted by molar-refractivity contribution is 5.59. The lowest BCUT2D eigenvalue weighted by Crippen LogP contribution is -2.35. The van der Waals surface area contributed by atoms with Crippen LogP contribution in [0, 0.1) is 13.8 Å². The minimum absolute atomic E-state index is 0.0356. The third kappa shape index (κ3) is 3.64. The molecule has 0 unspecified atom stereocenters. The van der Waals surface area contributed by atoms with Gasteiger partial charge in [-0.3, -0.25) is 0 Å². The highest BCUT2D eigenvalue weighted by atomic mass is 16.4. The molecule has 1 heterocycles. The highest BCUT2D eigenvalue weighted by Gasteiger charge is 2.14. The van der Waals surface area contributed by atoms with Crippen LogP contribution in [0.25, 0.3) is 11.5 Å². The molecular weight excluding hydrogens is 238 g/mol. The average molecular weight is 259 g/mol. The van der Waals surface area contributed by atoms with Crippen molar-refractivity contribution < 1.29 is 4.42 Å². The van der Waals surface area contributed by atoms with Crippen molar-refractivity contribution in [1.29, 1.82) is 0 Å². The van der Waals surface area contributed by atoms with Crippen LogP contribution in [-0.2, 0) is 6.54 Å². The standard InChI is InChI=1S/C15H21N3O/c1-10-6-7-11(2)12(8-10)14-18-17-13(19-14)9-16-15(3,4)5/h6-8,16H,9H2,1-5H3. The Bertz CT molecular complexity index is 567. The lowest BCUT2D eigenvalue weighted by molar-refractivity contribution is 0.383. The maximum Gasteiger partial charge on any atom is 0.248 e. The summed E-state index contributed by atoms with van der Waals surface area (Å²) in [7, 11) is 0. The molecule has 19 heavy (non-hydrogen) atoms. The Labute approximate surface area is 114 Å². The maximum atomic E-state index is 5.72. The number of nitrogens with one attached hydrogen (secondary N) is 1. The summed E-state index contributed by atoms with van der Waals surface area (Å²) in [6.45, 7) is 11.0. The molecule has 2 aromatic rings. The molecule has 4 heteroatoms. The molecule has 1 N–H and O–H groups in total. The molecule has 0 aliphatic rings. The van der Waals surface area contributed by atoms with Crippen molar-refractivity contribution in [3.63, 3.8) is 0 Å². The predicted molar refractivity (Wildman–Crippen MR) is 75.8 cm³/mol. The van der Waals surface area contributed by atoms with Gasteiger partial charge in [0.25, 0.3) is 0 Å². The monoisotopic (exact) mass is 259 g/mol. The van der Waals surface area contributed by atoms with Crippen LogP contribution in [0.15, 0.2) is 22.6 Å². The second-order valence-corrected chi connectivity index (χ2v) is 5.92. The molecule has 0 aliphatic heterocycles. The Morgan fingerprint density at radius 3 is 2.58 bits per heavy atom. The first-order valence-corrected chi connectivity index (χ1v) is 6.50. The summed E-state index contributed by atoms with van der Waals surface area (Å²) >= 11 is 0. The fourth-order valence-electron chi connectivity index (χ4n) is 1.74. The smallest absolute Gasteiger partial charge is 0.248 e. The zero-order valence-electron chi connectivity index (χ0n) is 12.2. The molecule has 4 nitrogen and oxygen atoms in total. The number of benzene rings is 1. The zero-order valence-corrected chi connectivity index (χ0v) is 12.2. The van der Waals surface area contributed by atoms with Gasteiger partial charge in [0.1, 0.15) is 0 Å². The van der Waals surface area contributed by atoms with E-state index in [0.29, 0.717) is 18.3 Å².